The first-order chi connectivity index (χ1) is 20.3. The van der Waals surface area contributed by atoms with Crippen molar-refractivity contribution in [1.29, 1.82) is 5.26 Å². The van der Waals surface area contributed by atoms with Gasteiger partial charge in [0.25, 0.3) is 0 Å². The van der Waals surface area contributed by atoms with Crippen molar-refractivity contribution in [1.82, 2.24) is 15.3 Å². The average Bonchev–Trinajstić information content (AvgIpc) is 3.01. The Bertz CT molecular complexity index is 1200. The second kappa shape index (κ2) is 15.3. The lowest BCUT2D eigenvalue weighted by molar-refractivity contribution is -0.155. The largest absolute Gasteiger partial charge is 0.464 e. The minimum Gasteiger partial charge on any atom is -0.464 e. The van der Waals surface area contributed by atoms with Gasteiger partial charge in [-0.05, 0) is 90.0 Å². The molecule has 1 aliphatic carbocycles. The topological polar surface area (TPSA) is 130 Å². The smallest absolute Gasteiger partial charge is 0.334 e. The normalized spacial score (nSPS) is 21.5. The summed E-state index contributed by atoms with van der Waals surface area (Å²) in [5.41, 5.74) is 2.56. The molecular formula is C32H46N6O4. The maximum Gasteiger partial charge on any atom is 0.334 e. The highest BCUT2D eigenvalue weighted by Crippen LogP contribution is 2.31. The average molecular weight is 579 g/mol. The number of carbonyl (C=O) groups is 1. The van der Waals surface area contributed by atoms with E-state index < -0.39 is 11.5 Å². The summed E-state index contributed by atoms with van der Waals surface area (Å²) >= 11 is 0. The molecule has 4 rings (SSSR count). The summed E-state index contributed by atoms with van der Waals surface area (Å²) in [4.78, 5) is 21.3. The van der Waals surface area contributed by atoms with Crippen LogP contribution >= 0.6 is 0 Å². The number of hydrogen-bond donors (Lipinski definition) is 3. The van der Waals surface area contributed by atoms with E-state index >= 15 is 0 Å². The highest BCUT2D eigenvalue weighted by atomic mass is 16.6. The molecule has 3 N–H and O–H groups in total. The van der Waals surface area contributed by atoms with Crippen molar-refractivity contribution >= 4 is 17.6 Å². The molecule has 0 aromatic carbocycles. The van der Waals surface area contributed by atoms with E-state index in [9.17, 15) is 10.1 Å². The lowest BCUT2D eigenvalue weighted by Gasteiger charge is -2.32. The van der Waals surface area contributed by atoms with Crippen molar-refractivity contribution in [2.75, 3.05) is 43.6 Å². The fraction of sp³-hybridized carbons (Fsp3) is 0.625. The minimum atomic E-state index is -0.553. The molecule has 2 aliphatic rings. The lowest BCUT2D eigenvalue weighted by Crippen LogP contribution is -2.43. The van der Waals surface area contributed by atoms with Gasteiger partial charge in [0.2, 0.25) is 0 Å². The molecule has 1 aliphatic heterocycles. The molecule has 1 saturated heterocycles. The third-order valence-electron chi connectivity index (χ3n) is 8.24. The second-order valence-corrected chi connectivity index (χ2v) is 11.6. The third-order valence-corrected chi connectivity index (χ3v) is 8.24. The van der Waals surface area contributed by atoms with E-state index in [2.05, 4.69) is 46.9 Å². The van der Waals surface area contributed by atoms with Gasteiger partial charge < -0.3 is 30.2 Å². The molecule has 0 radical (unpaired) electrons. The highest BCUT2D eigenvalue weighted by molar-refractivity contribution is 5.74. The molecule has 10 nitrogen and oxygen atoms in total. The van der Waals surface area contributed by atoms with Crippen LogP contribution in [0.25, 0.3) is 11.3 Å². The number of rotatable bonds is 13. The van der Waals surface area contributed by atoms with Gasteiger partial charge in [0.15, 0.2) is 6.10 Å². The summed E-state index contributed by atoms with van der Waals surface area (Å²) in [7, 11) is 0. The first kappa shape index (κ1) is 31.7. The third kappa shape index (κ3) is 8.87. The Morgan fingerprint density at radius 2 is 1.90 bits per heavy atom. The van der Waals surface area contributed by atoms with Crippen molar-refractivity contribution < 1.29 is 19.0 Å². The fourth-order valence-electron chi connectivity index (χ4n) is 5.59. The van der Waals surface area contributed by atoms with E-state index in [0.29, 0.717) is 45.1 Å². The SMILES string of the molecule is CCOC(=O)[C@H](C)OC[C@H](C)NC1CCC(Nc2cc(-c3cccc(NCC4(C#N)CCOCC4)n3)c(C)cn2)CC1. The van der Waals surface area contributed by atoms with E-state index in [0.717, 1.165) is 67.0 Å². The van der Waals surface area contributed by atoms with Crippen molar-refractivity contribution in [3.8, 4) is 17.3 Å². The maximum absolute atomic E-state index is 11.8. The number of anilines is 2. The van der Waals surface area contributed by atoms with Crippen LogP contribution in [0, 0.1) is 23.7 Å². The Morgan fingerprint density at radius 1 is 1.17 bits per heavy atom. The van der Waals surface area contributed by atoms with Crippen LogP contribution in [0.5, 0.6) is 0 Å². The van der Waals surface area contributed by atoms with Crippen LogP contribution in [0.3, 0.4) is 0 Å². The highest BCUT2D eigenvalue weighted by Gasteiger charge is 2.32. The molecule has 2 fully saturated rings. The van der Waals surface area contributed by atoms with E-state index in [1.165, 1.54) is 0 Å². The van der Waals surface area contributed by atoms with E-state index in [1.807, 2.05) is 24.4 Å². The zero-order chi connectivity index (χ0) is 30.0. The first-order valence-corrected chi connectivity index (χ1v) is 15.3. The van der Waals surface area contributed by atoms with Gasteiger partial charge in [-0.3, -0.25) is 0 Å². The molecule has 0 spiro atoms. The number of carbonyl (C=O) groups excluding carboxylic acids is 1. The van der Waals surface area contributed by atoms with Crippen LogP contribution in [-0.4, -0.2) is 73.1 Å². The molecule has 42 heavy (non-hydrogen) atoms. The summed E-state index contributed by atoms with van der Waals surface area (Å²) in [5, 5.41) is 20.5. The van der Waals surface area contributed by atoms with Crippen LogP contribution in [-0.2, 0) is 19.0 Å². The number of ether oxygens (including phenoxy) is 3. The van der Waals surface area contributed by atoms with E-state index in [1.54, 1.807) is 13.8 Å². The van der Waals surface area contributed by atoms with Gasteiger partial charge in [0.05, 0.1) is 30.4 Å². The standard InChI is InChI=1S/C32H46N6O4/c1-5-41-31(39)24(4)42-19-23(3)36-25-9-11-26(12-10-25)37-30-17-27(22(2)18-34-30)28-7-6-8-29(38-28)35-21-32(20-33)13-15-40-16-14-32/h6-8,17-18,23-26,36H,5,9-16,19,21H2,1-4H3,(H,34,37)(H,35,38)/t23-,24-,25?,26?/m0/s1. The van der Waals surface area contributed by atoms with Gasteiger partial charge in [-0.1, -0.05) is 6.07 Å². The Morgan fingerprint density at radius 3 is 2.62 bits per heavy atom. The summed E-state index contributed by atoms with van der Waals surface area (Å²) in [6.45, 7) is 10.3. The van der Waals surface area contributed by atoms with Gasteiger partial charge in [-0.2, -0.15) is 5.26 Å². The van der Waals surface area contributed by atoms with Crippen molar-refractivity contribution in [3.05, 3.63) is 36.0 Å². The molecular weight excluding hydrogens is 532 g/mol. The minimum absolute atomic E-state index is 0.151. The van der Waals surface area contributed by atoms with Crippen LogP contribution in [0.4, 0.5) is 11.6 Å². The molecule has 0 amide bonds. The zero-order valence-electron chi connectivity index (χ0n) is 25.4. The van der Waals surface area contributed by atoms with Crippen molar-refractivity contribution in [2.24, 2.45) is 5.41 Å². The predicted molar refractivity (Wildman–Crippen MR) is 163 cm³/mol. The number of esters is 1. The van der Waals surface area contributed by atoms with Gasteiger partial charge in [0.1, 0.15) is 11.6 Å². The molecule has 1 saturated carbocycles. The summed E-state index contributed by atoms with van der Waals surface area (Å²) in [6, 6.07) is 11.5. The molecule has 10 heteroatoms. The van der Waals surface area contributed by atoms with Gasteiger partial charge >= 0.3 is 5.97 Å². The van der Waals surface area contributed by atoms with Crippen molar-refractivity contribution in [2.45, 2.75) is 90.4 Å². The number of aryl methyl sites for hydroxylation is 1. The van der Waals surface area contributed by atoms with Gasteiger partial charge in [-0.25, -0.2) is 14.8 Å². The molecule has 0 bridgehead atoms. The van der Waals surface area contributed by atoms with E-state index in [-0.39, 0.29) is 12.0 Å². The van der Waals surface area contributed by atoms with E-state index in [4.69, 9.17) is 19.2 Å². The number of hydrogen-bond acceptors (Lipinski definition) is 10. The quantitative estimate of drug-likeness (QED) is 0.284. The van der Waals surface area contributed by atoms with Crippen LogP contribution in [0.2, 0.25) is 0 Å². The summed E-state index contributed by atoms with van der Waals surface area (Å²) < 4.78 is 16.2. The summed E-state index contributed by atoms with van der Waals surface area (Å²) in [5.74, 6) is 1.30. The molecule has 0 unspecified atom stereocenters. The van der Waals surface area contributed by atoms with Crippen LogP contribution in [0.1, 0.15) is 64.9 Å². The Labute approximate surface area is 249 Å². The van der Waals surface area contributed by atoms with Gasteiger partial charge in [0, 0.05) is 49.6 Å². The number of aromatic nitrogens is 2. The molecule has 2 aromatic rings. The van der Waals surface area contributed by atoms with Crippen molar-refractivity contribution in [3.63, 3.8) is 0 Å². The summed E-state index contributed by atoms with van der Waals surface area (Å²) in [6.07, 6.45) is 7.00. The Balaban J connectivity index is 1.28. The maximum atomic E-state index is 11.8. The predicted octanol–water partition coefficient (Wildman–Crippen LogP) is 4.85. The van der Waals surface area contributed by atoms with Crippen LogP contribution < -0.4 is 16.0 Å². The lowest BCUT2D eigenvalue weighted by atomic mass is 9.82. The Hall–Kier alpha value is -3.26. The molecule has 3 heterocycles. The Kier molecular flexibility index (Phi) is 11.5. The van der Waals surface area contributed by atoms with Gasteiger partial charge in [-0.15, -0.1) is 0 Å². The second-order valence-electron chi connectivity index (χ2n) is 11.6. The molecule has 2 aromatic heterocycles. The molecule has 2 atom stereocenters. The molecule has 228 valence electrons. The first-order valence-electron chi connectivity index (χ1n) is 15.3. The number of nitriles is 1. The number of nitrogens with one attached hydrogen (secondary N) is 3. The number of nitrogens with zero attached hydrogens (tertiary/aromatic N) is 3. The van der Waals surface area contributed by atoms with Crippen LogP contribution in [0.15, 0.2) is 30.5 Å². The number of pyridine rings is 2. The fourth-order valence-corrected chi connectivity index (χ4v) is 5.59. The zero-order valence-corrected chi connectivity index (χ0v) is 25.4. The monoisotopic (exact) mass is 578 g/mol.